The molecule has 0 aliphatic rings. The second-order valence-corrected chi connectivity index (χ2v) is 5.05. The molecule has 0 saturated carbocycles. The van der Waals surface area contributed by atoms with Crippen molar-refractivity contribution in [1.82, 2.24) is 20.3 Å². The number of nitrogens with one attached hydrogen (secondary N) is 1. The largest absolute Gasteiger partial charge is 0.434 e. The lowest BCUT2D eigenvalue weighted by Gasteiger charge is -2.10. The normalized spacial score (nSPS) is 10.7. The van der Waals surface area contributed by atoms with Crippen LogP contribution in [0.3, 0.4) is 0 Å². The molecular weight excluding hydrogens is 330 g/mol. The third-order valence-electron chi connectivity index (χ3n) is 3.37. The van der Waals surface area contributed by atoms with E-state index in [1.165, 1.54) is 16.9 Å². The number of nitrogens with zero attached hydrogens (tertiary/aromatic N) is 3. The van der Waals surface area contributed by atoms with Crippen molar-refractivity contribution in [2.45, 2.75) is 13.2 Å². The first-order valence-electron chi connectivity index (χ1n) is 7.42. The molecule has 0 spiro atoms. The maximum Gasteiger partial charge on any atom is 0.387 e. The van der Waals surface area contributed by atoms with Crippen LogP contribution in [0, 0.1) is 0 Å². The number of carbonyl (C=O) groups is 1. The number of halogens is 2. The number of benzene rings is 2. The molecule has 3 aromatic rings. The Hall–Kier alpha value is -3.29. The Bertz CT molecular complexity index is 853. The molecule has 1 amide bonds. The molecule has 2 aromatic carbocycles. The van der Waals surface area contributed by atoms with Crippen molar-refractivity contribution in [3.05, 3.63) is 72.1 Å². The molecule has 0 aliphatic carbocycles. The van der Waals surface area contributed by atoms with Gasteiger partial charge in [-0.3, -0.25) is 4.79 Å². The Morgan fingerprint density at radius 3 is 2.60 bits per heavy atom. The van der Waals surface area contributed by atoms with Gasteiger partial charge in [0.1, 0.15) is 5.75 Å². The molecule has 3 rings (SSSR count). The predicted molar refractivity (Wildman–Crippen MR) is 85.6 cm³/mol. The maximum absolute atomic E-state index is 12.4. The van der Waals surface area contributed by atoms with Crippen LogP contribution in [0.15, 0.2) is 60.8 Å². The first-order valence-corrected chi connectivity index (χ1v) is 7.42. The van der Waals surface area contributed by atoms with Gasteiger partial charge in [-0.2, -0.15) is 8.78 Å². The summed E-state index contributed by atoms with van der Waals surface area (Å²) in [7, 11) is 0. The molecule has 1 heterocycles. The van der Waals surface area contributed by atoms with E-state index in [1.807, 2.05) is 30.3 Å². The second-order valence-electron chi connectivity index (χ2n) is 5.05. The van der Waals surface area contributed by atoms with Crippen molar-refractivity contribution in [3.63, 3.8) is 0 Å². The van der Waals surface area contributed by atoms with Crippen LogP contribution in [0.4, 0.5) is 8.78 Å². The number of carbonyl (C=O) groups excluding carboxylic acids is 1. The number of aromatic nitrogens is 3. The fourth-order valence-corrected chi connectivity index (χ4v) is 2.20. The number of hydrogen-bond acceptors (Lipinski definition) is 4. The average Bonchev–Trinajstić information content (AvgIpc) is 3.11. The zero-order valence-electron chi connectivity index (χ0n) is 13.0. The molecule has 0 radical (unpaired) electrons. The van der Waals surface area contributed by atoms with E-state index in [2.05, 4.69) is 20.4 Å². The Morgan fingerprint density at radius 2 is 1.84 bits per heavy atom. The quantitative estimate of drug-likeness (QED) is 0.747. The molecule has 6 nitrogen and oxygen atoms in total. The van der Waals surface area contributed by atoms with Gasteiger partial charge in [0.25, 0.3) is 5.91 Å². The summed E-state index contributed by atoms with van der Waals surface area (Å²) in [5.74, 6) is -0.445. The van der Waals surface area contributed by atoms with Gasteiger partial charge in [0.2, 0.25) is 0 Å². The van der Waals surface area contributed by atoms with Gasteiger partial charge in [0.05, 0.1) is 11.9 Å². The molecule has 0 aliphatic heterocycles. The van der Waals surface area contributed by atoms with E-state index < -0.39 is 12.5 Å². The Labute approximate surface area is 142 Å². The van der Waals surface area contributed by atoms with E-state index in [0.717, 1.165) is 5.69 Å². The molecule has 0 saturated heterocycles. The number of para-hydroxylation sites is 2. The lowest BCUT2D eigenvalue weighted by atomic mass is 10.2. The third-order valence-corrected chi connectivity index (χ3v) is 3.37. The molecule has 0 unspecified atom stereocenters. The van der Waals surface area contributed by atoms with Crippen molar-refractivity contribution < 1.29 is 18.3 Å². The number of rotatable bonds is 6. The van der Waals surface area contributed by atoms with E-state index in [1.54, 1.807) is 18.2 Å². The summed E-state index contributed by atoms with van der Waals surface area (Å²) in [5.41, 5.74) is 1.33. The van der Waals surface area contributed by atoms with Gasteiger partial charge in [-0.15, -0.1) is 5.10 Å². The van der Waals surface area contributed by atoms with Crippen LogP contribution in [0.5, 0.6) is 5.75 Å². The molecule has 1 N–H and O–H groups in total. The minimum atomic E-state index is -2.93. The highest BCUT2D eigenvalue weighted by molar-refractivity contribution is 5.91. The number of amides is 1. The van der Waals surface area contributed by atoms with Crippen LogP contribution in [-0.2, 0) is 6.54 Å². The van der Waals surface area contributed by atoms with Crippen molar-refractivity contribution in [1.29, 1.82) is 0 Å². The molecule has 128 valence electrons. The first kappa shape index (κ1) is 16.6. The summed E-state index contributed by atoms with van der Waals surface area (Å²) in [5, 5.41) is 10.3. The number of alkyl halides is 2. The highest BCUT2D eigenvalue weighted by Gasteiger charge is 2.13. The van der Waals surface area contributed by atoms with E-state index in [-0.39, 0.29) is 18.0 Å². The second kappa shape index (κ2) is 7.52. The van der Waals surface area contributed by atoms with Gasteiger partial charge in [0.15, 0.2) is 5.69 Å². The molecule has 0 bridgehead atoms. The zero-order valence-corrected chi connectivity index (χ0v) is 13.0. The van der Waals surface area contributed by atoms with Crippen molar-refractivity contribution in [3.8, 4) is 11.4 Å². The van der Waals surface area contributed by atoms with Crippen LogP contribution < -0.4 is 10.1 Å². The molecule has 0 fully saturated rings. The number of ether oxygens (including phenoxy) is 1. The Kier molecular flexibility index (Phi) is 4.98. The van der Waals surface area contributed by atoms with Crippen molar-refractivity contribution in [2.24, 2.45) is 0 Å². The molecular formula is C17H14F2N4O2. The third kappa shape index (κ3) is 4.17. The standard InChI is InChI=1S/C17H14F2N4O2/c18-17(19)25-15-9-5-4-6-12(15)10-20-16(24)14-11-23(22-21-14)13-7-2-1-3-8-13/h1-9,11,17H,10H2,(H,20,24). The topological polar surface area (TPSA) is 69.0 Å². The number of hydrogen-bond donors (Lipinski definition) is 1. The van der Waals surface area contributed by atoms with Gasteiger partial charge in [-0.05, 0) is 18.2 Å². The fourth-order valence-electron chi connectivity index (χ4n) is 2.20. The predicted octanol–water partition coefficient (Wildman–Crippen LogP) is 2.80. The van der Waals surface area contributed by atoms with Crippen LogP contribution in [0.2, 0.25) is 0 Å². The monoisotopic (exact) mass is 344 g/mol. The molecule has 8 heteroatoms. The lowest BCUT2D eigenvalue weighted by Crippen LogP contribution is -2.23. The van der Waals surface area contributed by atoms with E-state index in [0.29, 0.717) is 5.56 Å². The van der Waals surface area contributed by atoms with Crippen LogP contribution in [-0.4, -0.2) is 27.5 Å². The van der Waals surface area contributed by atoms with Gasteiger partial charge in [-0.1, -0.05) is 41.6 Å². The Morgan fingerprint density at radius 1 is 1.12 bits per heavy atom. The average molecular weight is 344 g/mol. The van der Waals surface area contributed by atoms with Crippen LogP contribution in [0.25, 0.3) is 5.69 Å². The summed E-state index contributed by atoms with van der Waals surface area (Å²) in [6.07, 6.45) is 1.49. The summed E-state index contributed by atoms with van der Waals surface area (Å²) in [6, 6.07) is 15.5. The smallest absolute Gasteiger partial charge is 0.387 e. The van der Waals surface area contributed by atoms with Gasteiger partial charge < -0.3 is 10.1 Å². The van der Waals surface area contributed by atoms with Gasteiger partial charge in [-0.25, -0.2) is 4.68 Å². The fraction of sp³-hybridized carbons (Fsp3) is 0.118. The van der Waals surface area contributed by atoms with E-state index >= 15 is 0 Å². The highest BCUT2D eigenvalue weighted by Crippen LogP contribution is 2.20. The summed E-state index contributed by atoms with van der Waals surface area (Å²) in [6.45, 7) is -2.90. The summed E-state index contributed by atoms with van der Waals surface area (Å²) >= 11 is 0. The van der Waals surface area contributed by atoms with Crippen molar-refractivity contribution in [2.75, 3.05) is 0 Å². The maximum atomic E-state index is 12.4. The van der Waals surface area contributed by atoms with Gasteiger partial charge in [0, 0.05) is 12.1 Å². The SMILES string of the molecule is O=C(NCc1ccccc1OC(F)F)c1cn(-c2ccccc2)nn1. The lowest BCUT2D eigenvalue weighted by molar-refractivity contribution is -0.0504. The Balaban J connectivity index is 1.67. The summed E-state index contributed by atoms with van der Waals surface area (Å²) < 4.78 is 30.7. The first-order chi connectivity index (χ1) is 12.1. The molecule has 0 atom stereocenters. The molecule has 25 heavy (non-hydrogen) atoms. The minimum absolute atomic E-state index is 0.0192. The van der Waals surface area contributed by atoms with E-state index in [9.17, 15) is 13.6 Å². The van der Waals surface area contributed by atoms with E-state index in [4.69, 9.17) is 0 Å². The molecule has 1 aromatic heterocycles. The van der Waals surface area contributed by atoms with Gasteiger partial charge >= 0.3 is 6.61 Å². The van der Waals surface area contributed by atoms with Crippen LogP contribution in [0.1, 0.15) is 16.1 Å². The zero-order chi connectivity index (χ0) is 17.6. The van der Waals surface area contributed by atoms with Crippen molar-refractivity contribution >= 4 is 5.91 Å². The summed E-state index contributed by atoms with van der Waals surface area (Å²) in [4.78, 5) is 12.2. The highest BCUT2D eigenvalue weighted by atomic mass is 19.3. The minimum Gasteiger partial charge on any atom is -0.434 e. The van der Waals surface area contributed by atoms with Crippen LogP contribution >= 0.6 is 0 Å².